The van der Waals surface area contributed by atoms with Crippen molar-refractivity contribution < 1.29 is 4.74 Å². The molecule has 0 aliphatic carbocycles. The van der Waals surface area contributed by atoms with Gasteiger partial charge in [0.15, 0.2) is 0 Å². The molecule has 0 N–H and O–H groups in total. The first-order valence-corrected chi connectivity index (χ1v) is 8.80. The van der Waals surface area contributed by atoms with E-state index in [2.05, 4.69) is 32.4 Å². The Labute approximate surface area is 145 Å². The normalized spacial score (nSPS) is 14.4. The fourth-order valence-electron chi connectivity index (χ4n) is 3.00. The molecule has 6 heteroatoms. The van der Waals surface area contributed by atoms with Gasteiger partial charge in [0.2, 0.25) is 5.88 Å². The van der Waals surface area contributed by atoms with Crippen LogP contribution in [-0.2, 0) is 19.5 Å². The van der Waals surface area contributed by atoms with E-state index in [0.717, 1.165) is 48.0 Å². The maximum atomic E-state index is 5.38. The van der Waals surface area contributed by atoms with E-state index in [0.29, 0.717) is 5.88 Å². The number of hydrogen-bond donors (Lipinski definition) is 0. The second-order valence-electron chi connectivity index (χ2n) is 5.78. The molecule has 0 spiro atoms. The third kappa shape index (κ3) is 3.02. The fraction of sp³-hybridized carbons (Fsp3) is 0.278. The molecule has 0 atom stereocenters. The van der Waals surface area contributed by atoms with Gasteiger partial charge in [-0.05, 0) is 0 Å². The lowest BCUT2D eigenvalue weighted by Gasteiger charge is -2.27. The monoisotopic (exact) mass is 338 g/mol. The Morgan fingerprint density at radius 3 is 2.92 bits per heavy atom. The van der Waals surface area contributed by atoms with Crippen LogP contribution >= 0.6 is 11.3 Å². The van der Waals surface area contributed by atoms with E-state index < -0.39 is 0 Å². The van der Waals surface area contributed by atoms with Gasteiger partial charge < -0.3 is 4.74 Å². The van der Waals surface area contributed by atoms with E-state index in [-0.39, 0.29) is 0 Å². The number of aromatic nitrogens is 3. The molecule has 1 aliphatic rings. The number of thiazole rings is 1. The van der Waals surface area contributed by atoms with Crippen molar-refractivity contribution in [2.75, 3.05) is 13.7 Å². The summed E-state index contributed by atoms with van der Waals surface area (Å²) < 4.78 is 5.38. The second-order valence-corrected chi connectivity index (χ2v) is 6.64. The van der Waals surface area contributed by atoms with Crippen molar-refractivity contribution in [2.24, 2.45) is 0 Å². The van der Waals surface area contributed by atoms with Gasteiger partial charge in [-0.2, -0.15) is 0 Å². The molecular weight excluding hydrogens is 320 g/mol. The van der Waals surface area contributed by atoms with Gasteiger partial charge in [0.25, 0.3) is 0 Å². The van der Waals surface area contributed by atoms with Crippen LogP contribution in [0.25, 0.3) is 10.6 Å². The molecule has 0 fully saturated rings. The first-order valence-electron chi connectivity index (χ1n) is 7.92. The number of rotatable bonds is 4. The average molecular weight is 338 g/mol. The van der Waals surface area contributed by atoms with Gasteiger partial charge in [0, 0.05) is 42.6 Å². The number of ether oxygens (including phenoxy) is 1. The van der Waals surface area contributed by atoms with Crippen LogP contribution in [0.2, 0.25) is 0 Å². The number of nitrogens with zero attached hydrogens (tertiary/aromatic N) is 4. The van der Waals surface area contributed by atoms with Crippen LogP contribution in [0.1, 0.15) is 17.0 Å². The van der Waals surface area contributed by atoms with Crippen molar-refractivity contribution >= 4 is 11.3 Å². The van der Waals surface area contributed by atoms with E-state index in [1.54, 1.807) is 24.8 Å². The average Bonchev–Trinajstić information content (AvgIpc) is 3.10. The molecule has 0 radical (unpaired) electrons. The Kier molecular flexibility index (Phi) is 4.23. The quantitative estimate of drug-likeness (QED) is 0.731. The molecule has 4 rings (SSSR count). The minimum Gasteiger partial charge on any atom is -0.481 e. The summed E-state index contributed by atoms with van der Waals surface area (Å²) in [6, 6.07) is 10.3. The molecule has 0 saturated heterocycles. The van der Waals surface area contributed by atoms with Crippen molar-refractivity contribution in [3.8, 4) is 16.5 Å². The number of methoxy groups -OCH3 is 1. The van der Waals surface area contributed by atoms with E-state index in [4.69, 9.17) is 9.72 Å². The van der Waals surface area contributed by atoms with Gasteiger partial charge >= 0.3 is 0 Å². The van der Waals surface area contributed by atoms with Gasteiger partial charge in [0.1, 0.15) is 11.3 Å². The zero-order valence-corrected chi connectivity index (χ0v) is 14.3. The minimum absolute atomic E-state index is 0.688. The van der Waals surface area contributed by atoms with Crippen molar-refractivity contribution in [1.29, 1.82) is 0 Å². The third-order valence-electron chi connectivity index (χ3n) is 4.19. The zero-order valence-electron chi connectivity index (χ0n) is 13.5. The van der Waals surface area contributed by atoms with Gasteiger partial charge in [0.05, 0.1) is 18.5 Å². The molecule has 0 saturated carbocycles. The SMILES string of the molecule is COc1ncnc2c1CN(Cc1csc(-c3ccccc3)n1)CC2. The lowest BCUT2D eigenvalue weighted by atomic mass is 10.1. The van der Waals surface area contributed by atoms with E-state index in [9.17, 15) is 0 Å². The van der Waals surface area contributed by atoms with Crippen LogP contribution in [0.5, 0.6) is 5.88 Å². The van der Waals surface area contributed by atoms with Crippen LogP contribution < -0.4 is 4.74 Å². The summed E-state index contributed by atoms with van der Waals surface area (Å²) in [5.74, 6) is 0.688. The van der Waals surface area contributed by atoms with Crippen LogP contribution in [-0.4, -0.2) is 33.5 Å². The Hall–Kier alpha value is -2.31. The van der Waals surface area contributed by atoms with Crippen molar-refractivity contribution in [3.05, 3.63) is 59.0 Å². The molecule has 0 amide bonds. The minimum atomic E-state index is 0.688. The van der Waals surface area contributed by atoms with Crippen LogP contribution in [0.15, 0.2) is 42.0 Å². The summed E-state index contributed by atoms with van der Waals surface area (Å²) in [5.41, 5.74) is 4.48. The second kappa shape index (κ2) is 6.67. The molecule has 1 aromatic carbocycles. The smallest absolute Gasteiger partial charge is 0.220 e. The highest BCUT2D eigenvalue weighted by Crippen LogP contribution is 2.27. The molecule has 0 unspecified atom stereocenters. The van der Waals surface area contributed by atoms with Crippen molar-refractivity contribution in [2.45, 2.75) is 19.5 Å². The number of fused-ring (bicyclic) bond motifs is 1. The molecule has 1 aliphatic heterocycles. The standard InChI is InChI=1S/C18H18N4OS/c1-23-17-15-10-22(8-7-16(15)19-12-20-17)9-14-11-24-18(21-14)13-5-3-2-4-6-13/h2-6,11-12H,7-10H2,1H3. The highest BCUT2D eigenvalue weighted by molar-refractivity contribution is 7.13. The predicted molar refractivity (Wildman–Crippen MR) is 94.0 cm³/mol. The van der Waals surface area contributed by atoms with Gasteiger partial charge in [-0.15, -0.1) is 11.3 Å². The Morgan fingerprint density at radius 1 is 1.21 bits per heavy atom. The molecule has 0 bridgehead atoms. The Bertz CT molecular complexity index is 820. The predicted octanol–water partition coefficient (Wildman–Crippen LogP) is 3.17. The number of hydrogen-bond acceptors (Lipinski definition) is 6. The lowest BCUT2D eigenvalue weighted by Crippen LogP contribution is -2.31. The summed E-state index contributed by atoms with van der Waals surface area (Å²) in [7, 11) is 1.66. The molecule has 24 heavy (non-hydrogen) atoms. The summed E-state index contributed by atoms with van der Waals surface area (Å²) in [5, 5.41) is 3.22. The first-order chi connectivity index (χ1) is 11.8. The zero-order chi connectivity index (χ0) is 16.4. The third-order valence-corrected chi connectivity index (χ3v) is 5.13. The highest BCUT2D eigenvalue weighted by Gasteiger charge is 2.22. The topological polar surface area (TPSA) is 51.1 Å². The maximum absolute atomic E-state index is 5.38. The van der Waals surface area contributed by atoms with E-state index in [1.165, 1.54) is 5.56 Å². The molecule has 122 valence electrons. The van der Waals surface area contributed by atoms with Crippen LogP contribution in [0.4, 0.5) is 0 Å². The molecular formula is C18H18N4OS. The fourth-order valence-corrected chi connectivity index (χ4v) is 3.82. The van der Waals surface area contributed by atoms with E-state index in [1.807, 2.05) is 18.2 Å². The van der Waals surface area contributed by atoms with Crippen LogP contribution in [0, 0.1) is 0 Å². The highest BCUT2D eigenvalue weighted by atomic mass is 32.1. The maximum Gasteiger partial charge on any atom is 0.220 e. The van der Waals surface area contributed by atoms with Gasteiger partial charge in [-0.3, -0.25) is 4.90 Å². The Morgan fingerprint density at radius 2 is 2.08 bits per heavy atom. The Balaban J connectivity index is 1.50. The number of benzene rings is 1. The van der Waals surface area contributed by atoms with Crippen molar-refractivity contribution in [1.82, 2.24) is 19.9 Å². The van der Waals surface area contributed by atoms with Crippen LogP contribution in [0.3, 0.4) is 0 Å². The van der Waals surface area contributed by atoms with E-state index >= 15 is 0 Å². The largest absolute Gasteiger partial charge is 0.481 e. The molecule has 3 aromatic rings. The van der Waals surface area contributed by atoms with Gasteiger partial charge in [-0.1, -0.05) is 30.3 Å². The summed E-state index contributed by atoms with van der Waals surface area (Å²) >= 11 is 1.70. The molecule has 5 nitrogen and oxygen atoms in total. The molecule has 3 heterocycles. The molecule has 2 aromatic heterocycles. The lowest BCUT2D eigenvalue weighted by molar-refractivity contribution is 0.234. The summed E-state index contributed by atoms with van der Waals surface area (Å²) in [6.07, 6.45) is 2.50. The van der Waals surface area contributed by atoms with Gasteiger partial charge in [-0.25, -0.2) is 15.0 Å². The summed E-state index contributed by atoms with van der Waals surface area (Å²) in [4.78, 5) is 15.8. The van der Waals surface area contributed by atoms with Crippen molar-refractivity contribution in [3.63, 3.8) is 0 Å². The summed E-state index contributed by atoms with van der Waals surface area (Å²) in [6.45, 7) is 2.61. The first kappa shape index (κ1) is 15.2.